The zero-order valence-corrected chi connectivity index (χ0v) is 13.0. The lowest BCUT2D eigenvalue weighted by Crippen LogP contribution is -2.03. The van der Waals surface area contributed by atoms with Crippen molar-refractivity contribution >= 4 is 17.7 Å². The van der Waals surface area contributed by atoms with Crippen LogP contribution in [-0.2, 0) is 11.2 Å². The van der Waals surface area contributed by atoms with Crippen molar-refractivity contribution in [3.05, 3.63) is 59.7 Å². The maximum Gasteiger partial charge on any atom is 0.338 e. The van der Waals surface area contributed by atoms with Crippen LogP contribution in [0.3, 0.4) is 0 Å². The minimum Gasteiger partial charge on any atom is -0.497 e. The molecule has 0 aliphatic heterocycles. The van der Waals surface area contributed by atoms with Gasteiger partial charge in [-0.05, 0) is 36.2 Å². The first-order chi connectivity index (χ1) is 10.2. The van der Waals surface area contributed by atoms with E-state index in [1.165, 1.54) is 12.7 Å². The van der Waals surface area contributed by atoms with Gasteiger partial charge in [-0.2, -0.15) is 0 Å². The second-order valence-electron chi connectivity index (χ2n) is 4.43. The van der Waals surface area contributed by atoms with E-state index in [0.29, 0.717) is 5.56 Å². The Bertz CT molecular complexity index is 593. The number of hydrogen-bond donors (Lipinski definition) is 0. The molecule has 0 unspecified atom stereocenters. The Kier molecular flexibility index (Phi) is 5.69. The Hall–Kier alpha value is -1.94. The maximum absolute atomic E-state index is 11.7. The molecule has 4 heteroatoms. The smallest absolute Gasteiger partial charge is 0.338 e. The van der Waals surface area contributed by atoms with Crippen LogP contribution < -0.4 is 4.74 Å². The molecule has 0 heterocycles. The molecule has 0 aliphatic carbocycles. The Morgan fingerprint density at radius 2 is 1.76 bits per heavy atom. The van der Waals surface area contributed by atoms with Crippen molar-refractivity contribution in [1.82, 2.24) is 0 Å². The van der Waals surface area contributed by atoms with E-state index >= 15 is 0 Å². The summed E-state index contributed by atoms with van der Waals surface area (Å²) < 4.78 is 9.94. The van der Waals surface area contributed by atoms with E-state index in [2.05, 4.69) is 12.1 Å². The number of rotatable bonds is 6. The van der Waals surface area contributed by atoms with Gasteiger partial charge in [0.05, 0.1) is 19.8 Å². The zero-order chi connectivity index (χ0) is 15.1. The quantitative estimate of drug-likeness (QED) is 0.600. The molecule has 0 saturated heterocycles. The number of thioether (sulfide) groups is 1. The lowest BCUT2D eigenvalue weighted by molar-refractivity contribution is 0.0597. The van der Waals surface area contributed by atoms with E-state index < -0.39 is 0 Å². The third-order valence-corrected chi connectivity index (χ3v) is 4.17. The number of carbonyl (C=O) groups excluding carboxylic acids is 1. The number of esters is 1. The summed E-state index contributed by atoms with van der Waals surface area (Å²) in [4.78, 5) is 12.6. The standard InChI is InChI=1S/C17H18O3S/c1-19-14-9-7-13(8-10-14)11-12-21-16-6-4-3-5-15(16)17(18)20-2/h3-10H,11-12H2,1-2H3. The van der Waals surface area contributed by atoms with E-state index in [4.69, 9.17) is 9.47 Å². The summed E-state index contributed by atoms with van der Waals surface area (Å²) in [5, 5.41) is 0. The van der Waals surface area contributed by atoms with Crippen LogP contribution in [0.1, 0.15) is 15.9 Å². The Labute approximate surface area is 129 Å². The molecule has 2 aromatic carbocycles. The fourth-order valence-corrected chi connectivity index (χ4v) is 2.98. The largest absolute Gasteiger partial charge is 0.497 e. The van der Waals surface area contributed by atoms with E-state index in [9.17, 15) is 4.79 Å². The average Bonchev–Trinajstić information content (AvgIpc) is 2.55. The highest BCUT2D eigenvalue weighted by atomic mass is 32.2. The molecule has 21 heavy (non-hydrogen) atoms. The van der Waals surface area contributed by atoms with Crippen LogP contribution in [0.2, 0.25) is 0 Å². The van der Waals surface area contributed by atoms with Crippen LogP contribution in [0.4, 0.5) is 0 Å². The SMILES string of the molecule is COC(=O)c1ccccc1SCCc1ccc(OC)cc1. The van der Waals surface area contributed by atoms with Gasteiger partial charge in [0.15, 0.2) is 0 Å². The van der Waals surface area contributed by atoms with Crippen LogP contribution in [0, 0.1) is 0 Å². The highest BCUT2D eigenvalue weighted by molar-refractivity contribution is 7.99. The third-order valence-electron chi connectivity index (χ3n) is 3.10. The third kappa shape index (κ3) is 4.26. The van der Waals surface area contributed by atoms with Gasteiger partial charge < -0.3 is 9.47 Å². The highest BCUT2D eigenvalue weighted by Crippen LogP contribution is 2.24. The molecule has 2 rings (SSSR count). The summed E-state index contributed by atoms with van der Waals surface area (Å²) in [5.74, 6) is 1.48. The highest BCUT2D eigenvalue weighted by Gasteiger charge is 2.10. The van der Waals surface area contributed by atoms with Crippen molar-refractivity contribution in [1.29, 1.82) is 0 Å². The second kappa shape index (κ2) is 7.74. The molecule has 0 N–H and O–H groups in total. The molecule has 0 amide bonds. The first-order valence-electron chi connectivity index (χ1n) is 6.67. The second-order valence-corrected chi connectivity index (χ2v) is 5.57. The first-order valence-corrected chi connectivity index (χ1v) is 7.66. The average molecular weight is 302 g/mol. The molecule has 0 fully saturated rings. The lowest BCUT2D eigenvalue weighted by Gasteiger charge is -2.07. The molecule has 2 aromatic rings. The number of carbonyl (C=O) groups is 1. The van der Waals surface area contributed by atoms with Crippen LogP contribution in [0.15, 0.2) is 53.4 Å². The minimum absolute atomic E-state index is 0.289. The van der Waals surface area contributed by atoms with Gasteiger partial charge in [0.2, 0.25) is 0 Å². The molecule has 0 aromatic heterocycles. The molecule has 0 bridgehead atoms. The summed E-state index contributed by atoms with van der Waals surface area (Å²) in [6.07, 6.45) is 0.935. The number of hydrogen-bond acceptors (Lipinski definition) is 4. The van der Waals surface area contributed by atoms with Gasteiger partial charge in [-0.25, -0.2) is 4.79 Å². The van der Waals surface area contributed by atoms with Crippen molar-refractivity contribution in [3.8, 4) is 5.75 Å². The predicted molar refractivity (Wildman–Crippen MR) is 85.2 cm³/mol. The van der Waals surface area contributed by atoms with E-state index in [1.54, 1.807) is 24.9 Å². The summed E-state index contributed by atoms with van der Waals surface area (Å²) in [5.41, 5.74) is 1.87. The minimum atomic E-state index is -0.289. The molecule has 0 spiro atoms. The van der Waals surface area contributed by atoms with Crippen molar-refractivity contribution in [2.75, 3.05) is 20.0 Å². The van der Waals surface area contributed by atoms with Gasteiger partial charge in [-0.3, -0.25) is 0 Å². The van der Waals surface area contributed by atoms with E-state index in [-0.39, 0.29) is 5.97 Å². The van der Waals surface area contributed by atoms with Gasteiger partial charge >= 0.3 is 5.97 Å². The van der Waals surface area contributed by atoms with Crippen LogP contribution in [0.5, 0.6) is 5.75 Å². The van der Waals surface area contributed by atoms with Crippen LogP contribution in [-0.4, -0.2) is 25.9 Å². The van der Waals surface area contributed by atoms with Crippen LogP contribution in [0.25, 0.3) is 0 Å². The monoisotopic (exact) mass is 302 g/mol. The molecular weight excluding hydrogens is 284 g/mol. The zero-order valence-electron chi connectivity index (χ0n) is 12.2. The summed E-state index contributed by atoms with van der Waals surface area (Å²) in [7, 11) is 3.07. The van der Waals surface area contributed by atoms with Gasteiger partial charge in [-0.15, -0.1) is 11.8 Å². The first kappa shape index (κ1) is 15.4. The van der Waals surface area contributed by atoms with Gasteiger partial charge in [0, 0.05) is 10.6 Å². The maximum atomic E-state index is 11.7. The lowest BCUT2D eigenvalue weighted by atomic mass is 10.2. The van der Waals surface area contributed by atoms with Crippen LogP contribution >= 0.6 is 11.8 Å². The molecule has 0 saturated carbocycles. The fraction of sp³-hybridized carbons (Fsp3) is 0.235. The molecule has 3 nitrogen and oxygen atoms in total. The molecule has 110 valence electrons. The van der Waals surface area contributed by atoms with Crippen molar-refractivity contribution in [3.63, 3.8) is 0 Å². The van der Waals surface area contributed by atoms with Gasteiger partial charge in [-0.1, -0.05) is 24.3 Å². The predicted octanol–water partition coefficient (Wildman–Crippen LogP) is 3.82. The molecule has 0 atom stereocenters. The number of methoxy groups -OCH3 is 2. The number of benzene rings is 2. The summed E-state index contributed by atoms with van der Waals surface area (Å²) in [6, 6.07) is 15.6. The van der Waals surface area contributed by atoms with Crippen molar-refractivity contribution < 1.29 is 14.3 Å². The molecule has 0 aliphatic rings. The Balaban J connectivity index is 1.95. The fourth-order valence-electron chi connectivity index (χ4n) is 1.94. The Morgan fingerprint density at radius 3 is 2.43 bits per heavy atom. The van der Waals surface area contributed by atoms with E-state index in [0.717, 1.165) is 22.8 Å². The Morgan fingerprint density at radius 1 is 1.05 bits per heavy atom. The van der Waals surface area contributed by atoms with Gasteiger partial charge in [0.25, 0.3) is 0 Å². The summed E-state index contributed by atoms with van der Waals surface area (Å²) >= 11 is 1.66. The van der Waals surface area contributed by atoms with Crippen molar-refractivity contribution in [2.24, 2.45) is 0 Å². The summed E-state index contributed by atoms with van der Waals surface area (Å²) in [6.45, 7) is 0. The normalized spacial score (nSPS) is 10.2. The van der Waals surface area contributed by atoms with E-state index in [1.807, 2.05) is 30.3 Å². The topological polar surface area (TPSA) is 35.5 Å². The molecule has 0 radical (unpaired) electrons. The number of ether oxygens (including phenoxy) is 2. The van der Waals surface area contributed by atoms with Crippen molar-refractivity contribution in [2.45, 2.75) is 11.3 Å². The van der Waals surface area contributed by atoms with Gasteiger partial charge in [0.1, 0.15) is 5.75 Å². The molecular formula is C17H18O3S. The number of aryl methyl sites for hydroxylation is 1.